The second-order valence-corrected chi connectivity index (χ2v) is 5.94. The zero-order valence-electron chi connectivity index (χ0n) is 12.0. The summed E-state index contributed by atoms with van der Waals surface area (Å²) in [6.45, 7) is 5.35. The van der Waals surface area contributed by atoms with E-state index < -0.39 is 0 Å². The van der Waals surface area contributed by atoms with Gasteiger partial charge >= 0.3 is 6.09 Å². The van der Waals surface area contributed by atoms with E-state index >= 15 is 0 Å². The molecule has 2 unspecified atom stereocenters. The van der Waals surface area contributed by atoms with Crippen LogP contribution >= 0.6 is 0 Å². The molecule has 2 aliphatic heterocycles. The number of likely N-dealkylation sites (tertiary alicyclic amines) is 1. The number of hydrogen-bond acceptors (Lipinski definition) is 3. The molecule has 108 valence electrons. The predicted octanol–water partition coefficient (Wildman–Crippen LogP) is 2.40. The van der Waals surface area contributed by atoms with Crippen molar-refractivity contribution in [3.63, 3.8) is 0 Å². The van der Waals surface area contributed by atoms with Crippen LogP contribution in [-0.2, 0) is 11.3 Å². The number of ether oxygens (including phenoxy) is 1. The third kappa shape index (κ3) is 2.29. The molecule has 1 spiro atoms. The van der Waals surface area contributed by atoms with Crippen LogP contribution in [-0.4, -0.2) is 36.2 Å². The number of carbonyl (C=O) groups excluding carboxylic acids is 1. The summed E-state index contributed by atoms with van der Waals surface area (Å²) < 4.78 is 5.47. The summed E-state index contributed by atoms with van der Waals surface area (Å²) in [6.07, 6.45) is 2.05. The maximum Gasteiger partial charge on any atom is 0.410 e. The van der Waals surface area contributed by atoms with Crippen molar-refractivity contribution in [3.8, 4) is 0 Å². The Morgan fingerprint density at radius 2 is 2.25 bits per heavy atom. The SMILES string of the molecule is CC1CN(C(=O)OCc2ccccc2)C12CCCNC2. The summed E-state index contributed by atoms with van der Waals surface area (Å²) in [7, 11) is 0. The van der Waals surface area contributed by atoms with Crippen molar-refractivity contribution >= 4 is 6.09 Å². The van der Waals surface area contributed by atoms with Gasteiger partial charge in [0.25, 0.3) is 0 Å². The molecule has 0 bridgehead atoms. The Hall–Kier alpha value is -1.55. The molecule has 3 rings (SSSR count). The van der Waals surface area contributed by atoms with E-state index in [9.17, 15) is 4.79 Å². The van der Waals surface area contributed by atoms with Gasteiger partial charge < -0.3 is 15.0 Å². The third-order valence-corrected chi connectivity index (χ3v) is 4.73. The molecule has 0 aliphatic carbocycles. The molecule has 0 aromatic heterocycles. The van der Waals surface area contributed by atoms with Crippen LogP contribution < -0.4 is 5.32 Å². The lowest BCUT2D eigenvalue weighted by molar-refractivity contribution is -0.0756. The molecule has 2 fully saturated rings. The fraction of sp³-hybridized carbons (Fsp3) is 0.562. The van der Waals surface area contributed by atoms with Crippen LogP contribution in [0.4, 0.5) is 4.79 Å². The third-order valence-electron chi connectivity index (χ3n) is 4.73. The highest BCUT2D eigenvalue weighted by atomic mass is 16.6. The Bertz CT molecular complexity index is 469. The van der Waals surface area contributed by atoms with Gasteiger partial charge in [0.2, 0.25) is 0 Å². The van der Waals surface area contributed by atoms with Gasteiger partial charge in [0.05, 0.1) is 5.54 Å². The van der Waals surface area contributed by atoms with Crippen molar-refractivity contribution in [1.82, 2.24) is 10.2 Å². The highest BCUT2D eigenvalue weighted by molar-refractivity contribution is 5.70. The number of benzene rings is 1. The zero-order chi connectivity index (χ0) is 14.0. The highest BCUT2D eigenvalue weighted by Crippen LogP contribution is 2.41. The molecule has 2 atom stereocenters. The van der Waals surface area contributed by atoms with Gasteiger partial charge in [0.1, 0.15) is 6.61 Å². The highest BCUT2D eigenvalue weighted by Gasteiger charge is 2.54. The fourth-order valence-electron chi connectivity index (χ4n) is 3.40. The number of amides is 1. The first-order valence-electron chi connectivity index (χ1n) is 7.41. The minimum atomic E-state index is -0.171. The molecule has 4 heteroatoms. The smallest absolute Gasteiger partial charge is 0.410 e. The summed E-state index contributed by atoms with van der Waals surface area (Å²) in [5.41, 5.74) is 1.02. The van der Waals surface area contributed by atoms with E-state index in [0.717, 1.165) is 38.0 Å². The molecule has 2 saturated heterocycles. The molecule has 2 heterocycles. The second kappa shape index (κ2) is 5.44. The molecule has 20 heavy (non-hydrogen) atoms. The van der Waals surface area contributed by atoms with E-state index in [4.69, 9.17) is 4.74 Å². The van der Waals surface area contributed by atoms with Gasteiger partial charge in [-0.05, 0) is 30.9 Å². The Labute approximate surface area is 120 Å². The van der Waals surface area contributed by atoms with E-state index in [0.29, 0.717) is 12.5 Å². The number of rotatable bonds is 2. The van der Waals surface area contributed by atoms with Crippen LogP contribution in [0.3, 0.4) is 0 Å². The van der Waals surface area contributed by atoms with Gasteiger partial charge in [-0.15, -0.1) is 0 Å². The summed E-state index contributed by atoms with van der Waals surface area (Å²) in [5, 5.41) is 3.42. The molecular formula is C16H22N2O2. The van der Waals surface area contributed by atoms with E-state index in [1.165, 1.54) is 0 Å². The zero-order valence-corrected chi connectivity index (χ0v) is 12.0. The number of carbonyl (C=O) groups is 1. The summed E-state index contributed by atoms with van der Waals surface area (Å²) in [4.78, 5) is 14.2. The van der Waals surface area contributed by atoms with Gasteiger partial charge in [-0.1, -0.05) is 37.3 Å². The van der Waals surface area contributed by atoms with Crippen molar-refractivity contribution in [2.45, 2.75) is 31.9 Å². The summed E-state index contributed by atoms with van der Waals surface area (Å²) in [6, 6.07) is 9.84. The van der Waals surface area contributed by atoms with Crippen LogP contribution in [0.1, 0.15) is 25.3 Å². The molecule has 2 aliphatic rings. The molecule has 1 aromatic carbocycles. The molecule has 1 amide bonds. The normalized spacial score (nSPS) is 29.1. The Morgan fingerprint density at radius 3 is 2.90 bits per heavy atom. The van der Waals surface area contributed by atoms with Crippen LogP contribution in [0.2, 0.25) is 0 Å². The molecule has 0 radical (unpaired) electrons. The van der Waals surface area contributed by atoms with Gasteiger partial charge in [0, 0.05) is 13.1 Å². The van der Waals surface area contributed by atoms with Crippen molar-refractivity contribution in [2.24, 2.45) is 5.92 Å². The summed E-state index contributed by atoms with van der Waals surface area (Å²) >= 11 is 0. The van der Waals surface area contributed by atoms with Crippen LogP contribution in [0.25, 0.3) is 0 Å². The minimum absolute atomic E-state index is 0.00792. The van der Waals surface area contributed by atoms with Crippen LogP contribution in [0, 0.1) is 5.92 Å². The van der Waals surface area contributed by atoms with E-state index in [1.807, 2.05) is 35.2 Å². The van der Waals surface area contributed by atoms with E-state index in [2.05, 4.69) is 12.2 Å². The quantitative estimate of drug-likeness (QED) is 0.900. The Kier molecular flexibility index (Phi) is 3.66. The average molecular weight is 274 g/mol. The van der Waals surface area contributed by atoms with Gasteiger partial charge in [0.15, 0.2) is 0 Å². The molecule has 1 N–H and O–H groups in total. The molecular weight excluding hydrogens is 252 g/mol. The van der Waals surface area contributed by atoms with E-state index in [-0.39, 0.29) is 11.6 Å². The largest absolute Gasteiger partial charge is 0.445 e. The molecule has 0 saturated carbocycles. The van der Waals surface area contributed by atoms with Gasteiger partial charge in [-0.2, -0.15) is 0 Å². The lowest BCUT2D eigenvalue weighted by atomic mass is 9.70. The Morgan fingerprint density at radius 1 is 1.45 bits per heavy atom. The molecule has 4 nitrogen and oxygen atoms in total. The second-order valence-electron chi connectivity index (χ2n) is 5.94. The average Bonchev–Trinajstić information content (AvgIpc) is 2.52. The number of piperidine rings is 1. The van der Waals surface area contributed by atoms with Crippen molar-refractivity contribution < 1.29 is 9.53 Å². The monoisotopic (exact) mass is 274 g/mol. The van der Waals surface area contributed by atoms with Crippen molar-refractivity contribution in [2.75, 3.05) is 19.6 Å². The van der Waals surface area contributed by atoms with Crippen LogP contribution in [0.15, 0.2) is 30.3 Å². The number of nitrogens with zero attached hydrogens (tertiary/aromatic N) is 1. The maximum absolute atomic E-state index is 12.3. The van der Waals surface area contributed by atoms with Gasteiger partial charge in [-0.25, -0.2) is 4.79 Å². The molecule has 1 aromatic rings. The predicted molar refractivity (Wildman–Crippen MR) is 77.3 cm³/mol. The van der Waals surface area contributed by atoms with E-state index in [1.54, 1.807) is 0 Å². The maximum atomic E-state index is 12.3. The number of hydrogen-bond donors (Lipinski definition) is 1. The number of nitrogens with one attached hydrogen (secondary N) is 1. The minimum Gasteiger partial charge on any atom is -0.445 e. The summed E-state index contributed by atoms with van der Waals surface area (Å²) in [5.74, 6) is 0.555. The first-order valence-corrected chi connectivity index (χ1v) is 7.41. The van der Waals surface area contributed by atoms with Crippen LogP contribution in [0.5, 0.6) is 0 Å². The first kappa shape index (κ1) is 13.4. The Balaban J connectivity index is 1.60. The fourth-order valence-corrected chi connectivity index (χ4v) is 3.40. The standard InChI is InChI=1S/C16H22N2O2/c1-13-10-18(16(13)8-5-9-17-12-16)15(19)20-11-14-6-3-2-4-7-14/h2-4,6-7,13,17H,5,8-12H2,1H3. The first-order chi connectivity index (χ1) is 9.72. The topological polar surface area (TPSA) is 41.6 Å². The lowest BCUT2D eigenvalue weighted by Gasteiger charge is -2.58. The lowest BCUT2D eigenvalue weighted by Crippen LogP contribution is -2.73. The van der Waals surface area contributed by atoms with Crippen molar-refractivity contribution in [3.05, 3.63) is 35.9 Å². The van der Waals surface area contributed by atoms with Gasteiger partial charge in [-0.3, -0.25) is 0 Å². The van der Waals surface area contributed by atoms with Crippen molar-refractivity contribution in [1.29, 1.82) is 0 Å².